The minimum absolute atomic E-state index is 0.0195. The first kappa shape index (κ1) is 17.8. The zero-order chi connectivity index (χ0) is 18.3. The van der Waals surface area contributed by atoms with E-state index in [9.17, 15) is 8.78 Å². The van der Waals surface area contributed by atoms with Crippen molar-refractivity contribution in [3.8, 4) is 0 Å². The zero-order valence-corrected chi connectivity index (χ0v) is 16.0. The van der Waals surface area contributed by atoms with Gasteiger partial charge in [-0.15, -0.1) is 27.8 Å². The molecule has 3 aromatic rings. The molecule has 0 spiro atoms. The molecule has 0 amide bonds. The molecule has 1 fully saturated rings. The number of fused-ring (bicyclic) bond motifs is 1. The van der Waals surface area contributed by atoms with Crippen LogP contribution in [0, 0.1) is 12.8 Å². The summed E-state index contributed by atoms with van der Waals surface area (Å²) in [5.41, 5.74) is 9.01. The van der Waals surface area contributed by atoms with Gasteiger partial charge in [-0.3, -0.25) is 0 Å². The van der Waals surface area contributed by atoms with Crippen LogP contribution in [0.5, 0.6) is 0 Å². The van der Waals surface area contributed by atoms with Gasteiger partial charge >= 0.3 is 0 Å². The van der Waals surface area contributed by atoms with E-state index in [1.54, 1.807) is 28.9 Å². The number of thiophene rings is 2. The molecule has 4 nitrogen and oxygen atoms in total. The molecule has 26 heavy (non-hydrogen) atoms. The van der Waals surface area contributed by atoms with Gasteiger partial charge in [0.05, 0.1) is 16.6 Å². The highest BCUT2D eigenvalue weighted by Crippen LogP contribution is 2.51. The van der Waals surface area contributed by atoms with Crippen LogP contribution >= 0.6 is 22.7 Å². The van der Waals surface area contributed by atoms with Gasteiger partial charge < -0.3 is 11.1 Å². The summed E-state index contributed by atoms with van der Waals surface area (Å²) in [7, 11) is 0. The van der Waals surface area contributed by atoms with Crippen molar-refractivity contribution in [3.63, 3.8) is 0 Å². The zero-order valence-electron chi connectivity index (χ0n) is 14.3. The van der Waals surface area contributed by atoms with E-state index in [0.717, 1.165) is 32.9 Å². The van der Waals surface area contributed by atoms with Crippen LogP contribution in [0.2, 0.25) is 0 Å². The van der Waals surface area contributed by atoms with Crippen molar-refractivity contribution in [1.29, 1.82) is 0 Å². The van der Waals surface area contributed by atoms with Crippen LogP contribution in [0.1, 0.15) is 28.2 Å². The number of nitrogens with zero attached hydrogens (tertiary/aromatic N) is 2. The molecule has 0 saturated heterocycles. The number of aromatic nitrogens is 2. The summed E-state index contributed by atoms with van der Waals surface area (Å²) in [6, 6.07) is 3.86. The van der Waals surface area contributed by atoms with Crippen LogP contribution < -0.4 is 11.1 Å². The third-order valence-corrected chi connectivity index (χ3v) is 7.04. The van der Waals surface area contributed by atoms with E-state index in [2.05, 4.69) is 27.0 Å². The number of anilines is 1. The first-order valence-electron chi connectivity index (χ1n) is 8.57. The van der Waals surface area contributed by atoms with Crippen LogP contribution in [-0.4, -0.2) is 22.2 Å². The standard InChI is InChI=1S/C18H20F2N4S2/c1-10-15(6-12(21)5-11-7-18(11,19)20)26-17-14(9-23-24-16(10)17)22-8-13-3-2-4-25-13/h2-4,9,11-12H,5-8,21H2,1H3,(H,22,24)/t11-,12?/m1/s1. The fourth-order valence-electron chi connectivity index (χ4n) is 3.18. The molecule has 8 heteroatoms. The van der Waals surface area contributed by atoms with E-state index in [4.69, 9.17) is 5.73 Å². The van der Waals surface area contributed by atoms with Gasteiger partial charge in [0.15, 0.2) is 0 Å². The molecule has 0 aromatic carbocycles. The monoisotopic (exact) mass is 394 g/mol. The first-order chi connectivity index (χ1) is 12.4. The predicted molar refractivity (Wildman–Crippen MR) is 103 cm³/mol. The highest BCUT2D eigenvalue weighted by molar-refractivity contribution is 7.19. The largest absolute Gasteiger partial charge is 0.378 e. The van der Waals surface area contributed by atoms with Crippen molar-refractivity contribution in [2.45, 2.75) is 44.7 Å². The fourth-order valence-corrected chi connectivity index (χ4v) is 5.15. The molecule has 0 bridgehead atoms. The average Bonchev–Trinajstić information content (AvgIpc) is 2.98. The summed E-state index contributed by atoms with van der Waals surface area (Å²) >= 11 is 3.34. The van der Waals surface area contributed by atoms with Gasteiger partial charge in [-0.1, -0.05) is 6.07 Å². The SMILES string of the molecule is Cc1c(CC(N)C[C@@H]2CC2(F)F)sc2c(NCc3cccs3)cnnc12. The third kappa shape index (κ3) is 3.58. The molecule has 3 aromatic heterocycles. The van der Waals surface area contributed by atoms with Gasteiger partial charge in [0, 0.05) is 34.7 Å². The number of rotatable bonds is 7. The third-order valence-electron chi connectivity index (χ3n) is 4.83. The maximum absolute atomic E-state index is 13.1. The van der Waals surface area contributed by atoms with Crippen molar-refractivity contribution in [3.05, 3.63) is 39.0 Å². The lowest BCUT2D eigenvalue weighted by molar-refractivity contribution is 0.0954. The van der Waals surface area contributed by atoms with Gasteiger partial charge in [-0.2, -0.15) is 5.10 Å². The summed E-state index contributed by atoms with van der Waals surface area (Å²) in [6.07, 6.45) is 2.69. The van der Waals surface area contributed by atoms with Crippen LogP contribution in [0.3, 0.4) is 0 Å². The van der Waals surface area contributed by atoms with E-state index in [-0.39, 0.29) is 12.5 Å². The van der Waals surface area contributed by atoms with Crippen molar-refractivity contribution >= 4 is 38.6 Å². The predicted octanol–water partition coefficient (Wildman–Crippen LogP) is 4.59. The molecule has 1 saturated carbocycles. The Morgan fingerprint density at radius 3 is 2.96 bits per heavy atom. The number of nitrogens with one attached hydrogen (secondary N) is 1. The quantitative estimate of drug-likeness (QED) is 0.615. The molecule has 2 atom stereocenters. The maximum atomic E-state index is 13.1. The average molecular weight is 395 g/mol. The Hall–Kier alpha value is -1.64. The first-order valence-corrected chi connectivity index (χ1v) is 10.3. The Morgan fingerprint density at radius 1 is 1.46 bits per heavy atom. The normalized spacial score (nSPS) is 19.6. The maximum Gasteiger partial charge on any atom is 0.251 e. The van der Waals surface area contributed by atoms with Crippen molar-refractivity contribution < 1.29 is 8.78 Å². The van der Waals surface area contributed by atoms with E-state index in [1.807, 2.05) is 13.0 Å². The smallest absolute Gasteiger partial charge is 0.251 e. The minimum atomic E-state index is -2.50. The van der Waals surface area contributed by atoms with Gasteiger partial charge in [-0.25, -0.2) is 8.78 Å². The van der Waals surface area contributed by atoms with E-state index in [0.29, 0.717) is 12.8 Å². The van der Waals surface area contributed by atoms with Gasteiger partial charge in [0.25, 0.3) is 5.92 Å². The topological polar surface area (TPSA) is 63.8 Å². The molecule has 138 valence electrons. The number of alkyl halides is 2. The Balaban J connectivity index is 1.51. The van der Waals surface area contributed by atoms with Crippen LogP contribution in [0.4, 0.5) is 14.5 Å². The van der Waals surface area contributed by atoms with Gasteiger partial charge in [0.1, 0.15) is 5.52 Å². The second-order valence-electron chi connectivity index (χ2n) is 6.88. The van der Waals surface area contributed by atoms with Crippen LogP contribution in [0.25, 0.3) is 10.2 Å². The van der Waals surface area contributed by atoms with Crippen molar-refractivity contribution in [2.24, 2.45) is 11.7 Å². The van der Waals surface area contributed by atoms with E-state index >= 15 is 0 Å². The molecular formula is C18H20F2N4S2. The number of aryl methyl sites for hydroxylation is 1. The Bertz CT molecular complexity index is 907. The number of hydrogen-bond donors (Lipinski definition) is 2. The Labute approximate surface area is 158 Å². The molecule has 0 aliphatic heterocycles. The highest BCUT2D eigenvalue weighted by atomic mass is 32.1. The van der Waals surface area contributed by atoms with E-state index in [1.165, 1.54) is 4.88 Å². The summed E-state index contributed by atoms with van der Waals surface area (Å²) in [5.74, 6) is -3.05. The molecule has 3 N–H and O–H groups in total. The molecular weight excluding hydrogens is 374 g/mol. The van der Waals surface area contributed by atoms with Gasteiger partial charge in [0.2, 0.25) is 0 Å². The number of hydrogen-bond acceptors (Lipinski definition) is 6. The lowest BCUT2D eigenvalue weighted by Crippen LogP contribution is -2.24. The summed E-state index contributed by atoms with van der Waals surface area (Å²) in [5, 5.41) is 13.9. The van der Waals surface area contributed by atoms with Crippen molar-refractivity contribution in [2.75, 3.05) is 5.32 Å². The molecule has 1 unspecified atom stereocenters. The number of nitrogens with two attached hydrogens (primary N) is 1. The summed E-state index contributed by atoms with van der Waals surface area (Å²) < 4.78 is 27.3. The summed E-state index contributed by atoms with van der Waals surface area (Å²) in [4.78, 5) is 2.35. The lowest BCUT2D eigenvalue weighted by Gasteiger charge is -2.10. The van der Waals surface area contributed by atoms with Gasteiger partial charge in [-0.05, 0) is 36.8 Å². The Morgan fingerprint density at radius 2 is 2.27 bits per heavy atom. The molecule has 4 rings (SSSR count). The Kier molecular flexibility index (Phi) is 4.66. The highest BCUT2D eigenvalue weighted by Gasteiger charge is 2.56. The summed E-state index contributed by atoms with van der Waals surface area (Å²) in [6.45, 7) is 2.74. The number of halogens is 2. The second-order valence-corrected chi connectivity index (χ2v) is 9.02. The van der Waals surface area contributed by atoms with Crippen LogP contribution in [-0.2, 0) is 13.0 Å². The minimum Gasteiger partial charge on any atom is -0.378 e. The molecule has 0 radical (unpaired) electrons. The molecule has 1 aliphatic carbocycles. The van der Waals surface area contributed by atoms with E-state index < -0.39 is 11.8 Å². The van der Waals surface area contributed by atoms with Crippen molar-refractivity contribution in [1.82, 2.24) is 10.2 Å². The second kappa shape index (κ2) is 6.83. The molecule has 3 heterocycles. The lowest BCUT2D eigenvalue weighted by atomic mass is 10.0. The fraction of sp³-hybridized carbons (Fsp3) is 0.444. The van der Waals surface area contributed by atoms with Crippen LogP contribution in [0.15, 0.2) is 23.7 Å². The molecule has 1 aliphatic rings.